The van der Waals surface area contributed by atoms with Crippen LogP contribution in [0.2, 0.25) is 0 Å². The summed E-state index contributed by atoms with van der Waals surface area (Å²) in [6.45, 7) is 0. The maximum absolute atomic E-state index is 9.81. The van der Waals surface area contributed by atoms with E-state index >= 15 is 0 Å². The number of nitrogens with two attached hydrogens (primary N) is 1. The Kier molecular flexibility index (Phi) is 4.61. The van der Waals surface area contributed by atoms with E-state index < -0.39 is 0 Å². The van der Waals surface area contributed by atoms with E-state index in [0.29, 0.717) is 11.5 Å². The van der Waals surface area contributed by atoms with Crippen LogP contribution >= 0.6 is 0 Å². The Hall–Kier alpha value is -3.92. The third kappa shape index (κ3) is 3.15. The third-order valence-corrected chi connectivity index (χ3v) is 5.06. The number of benzene rings is 2. The van der Waals surface area contributed by atoms with Crippen LogP contribution in [0.25, 0.3) is 11.3 Å². The van der Waals surface area contributed by atoms with Crippen molar-refractivity contribution in [1.29, 1.82) is 5.26 Å². The number of H-pyrrole nitrogens is 1. The van der Waals surface area contributed by atoms with Crippen LogP contribution in [0.15, 0.2) is 60.0 Å². The van der Waals surface area contributed by atoms with E-state index in [2.05, 4.69) is 16.3 Å². The van der Waals surface area contributed by atoms with Crippen molar-refractivity contribution in [2.24, 2.45) is 5.73 Å². The molecular weight excluding hydrogens is 366 g/mol. The van der Waals surface area contributed by atoms with E-state index in [1.165, 1.54) is 0 Å². The van der Waals surface area contributed by atoms with Crippen molar-refractivity contribution in [2.75, 3.05) is 26.1 Å². The number of anilines is 1. The summed E-state index contributed by atoms with van der Waals surface area (Å²) in [4.78, 5) is 2.02. The summed E-state index contributed by atoms with van der Waals surface area (Å²) >= 11 is 0. The van der Waals surface area contributed by atoms with E-state index in [4.69, 9.17) is 15.2 Å². The molecule has 0 spiro atoms. The van der Waals surface area contributed by atoms with Crippen molar-refractivity contribution in [2.45, 2.75) is 5.92 Å². The number of rotatable bonds is 4. The predicted molar refractivity (Wildman–Crippen MR) is 111 cm³/mol. The molecule has 0 radical (unpaired) electrons. The van der Waals surface area contributed by atoms with Crippen molar-refractivity contribution in [3.8, 4) is 29.0 Å². The minimum atomic E-state index is -0.379. The van der Waals surface area contributed by atoms with Crippen LogP contribution in [-0.4, -0.2) is 31.4 Å². The van der Waals surface area contributed by atoms with Gasteiger partial charge >= 0.3 is 0 Å². The first-order valence-electron chi connectivity index (χ1n) is 9.11. The fraction of sp³-hybridized carbons (Fsp3) is 0.182. The van der Waals surface area contributed by atoms with Crippen molar-refractivity contribution in [1.82, 2.24) is 10.2 Å². The Balaban J connectivity index is 1.86. The van der Waals surface area contributed by atoms with E-state index in [-0.39, 0.29) is 11.8 Å². The van der Waals surface area contributed by atoms with Gasteiger partial charge in [-0.15, -0.1) is 5.10 Å². The molecule has 1 aliphatic heterocycles. The minimum Gasteiger partial charge on any atom is -0.497 e. The van der Waals surface area contributed by atoms with Gasteiger partial charge in [0.05, 0.1) is 24.3 Å². The number of hydrogen-bond donors (Lipinski definition) is 2. The van der Waals surface area contributed by atoms with E-state index in [1.54, 1.807) is 7.11 Å². The summed E-state index contributed by atoms with van der Waals surface area (Å²) in [6, 6.07) is 17.9. The molecule has 1 aliphatic rings. The molecule has 0 amide bonds. The Labute approximate surface area is 169 Å². The Morgan fingerprint density at radius 2 is 1.83 bits per heavy atom. The molecule has 2 aromatic carbocycles. The molecule has 0 saturated carbocycles. The SMILES string of the molecule is COc1ccc(-c2[nH]nc3c2[C@H](c2ccc(N(C)C)cc2)C(C#N)=C(N)O3)cc1. The lowest BCUT2D eigenvalue weighted by atomic mass is 9.83. The molecule has 7 nitrogen and oxygen atoms in total. The van der Waals surface area contributed by atoms with Crippen LogP contribution in [-0.2, 0) is 0 Å². The molecule has 2 heterocycles. The average Bonchev–Trinajstić information content (AvgIpc) is 3.16. The van der Waals surface area contributed by atoms with Crippen LogP contribution < -0.4 is 20.1 Å². The number of nitrogens with one attached hydrogen (secondary N) is 1. The first kappa shape index (κ1) is 18.4. The number of fused-ring (bicyclic) bond motifs is 1. The number of aromatic nitrogens is 2. The van der Waals surface area contributed by atoms with Gasteiger partial charge in [0.2, 0.25) is 11.8 Å². The van der Waals surface area contributed by atoms with E-state index in [9.17, 15) is 5.26 Å². The predicted octanol–water partition coefficient (Wildman–Crippen LogP) is 3.37. The molecule has 7 heteroatoms. The lowest BCUT2D eigenvalue weighted by molar-refractivity contribution is 0.379. The summed E-state index contributed by atoms with van der Waals surface area (Å²) in [5, 5.41) is 17.2. The summed E-state index contributed by atoms with van der Waals surface area (Å²) in [5.74, 6) is 0.843. The fourth-order valence-corrected chi connectivity index (χ4v) is 3.52. The third-order valence-electron chi connectivity index (χ3n) is 5.06. The topological polar surface area (TPSA) is 100 Å². The van der Waals surface area contributed by atoms with E-state index in [1.807, 2.05) is 67.5 Å². The van der Waals surface area contributed by atoms with Gasteiger partial charge in [0, 0.05) is 25.3 Å². The van der Waals surface area contributed by atoms with Crippen LogP contribution in [0.5, 0.6) is 11.6 Å². The second kappa shape index (κ2) is 7.24. The Morgan fingerprint density at radius 3 is 2.41 bits per heavy atom. The zero-order chi connectivity index (χ0) is 20.5. The number of hydrogen-bond acceptors (Lipinski definition) is 6. The first-order chi connectivity index (χ1) is 14.0. The number of aromatic amines is 1. The molecule has 1 aromatic heterocycles. The lowest BCUT2D eigenvalue weighted by Gasteiger charge is -2.24. The van der Waals surface area contributed by atoms with Gasteiger partial charge in [-0.2, -0.15) is 5.26 Å². The van der Waals surface area contributed by atoms with Gasteiger partial charge < -0.3 is 20.1 Å². The smallest absolute Gasteiger partial charge is 0.244 e. The molecule has 29 heavy (non-hydrogen) atoms. The van der Waals surface area contributed by atoms with Gasteiger partial charge in [-0.25, -0.2) is 0 Å². The van der Waals surface area contributed by atoms with Crippen molar-refractivity contribution in [3.63, 3.8) is 0 Å². The highest BCUT2D eigenvalue weighted by Crippen LogP contribution is 2.45. The monoisotopic (exact) mass is 387 g/mol. The van der Waals surface area contributed by atoms with Gasteiger partial charge in [0.1, 0.15) is 17.4 Å². The minimum absolute atomic E-state index is 0.0782. The molecule has 4 rings (SSSR count). The second-order valence-corrected chi connectivity index (χ2v) is 6.96. The summed E-state index contributed by atoms with van der Waals surface area (Å²) in [6.07, 6.45) is 0. The van der Waals surface area contributed by atoms with E-state index in [0.717, 1.165) is 33.8 Å². The maximum Gasteiger partial charge on any atom is 0.244 e. The van der Waals surface area contributed by atoms with Crippen LogP contribution in [0.4, 0.5) is 5.69 Å². The highest BCUT2D eigenvalue weighted by Gasteiger charge is 2.35. The fourth-order valence-electron chi connectivity index (χ4n) is 3.52. The number of nitrogens with zero attached hydrogens (tertiary/aromatic N) is 3. The van der Waals surface area contributed by atoms with Crippen LogP contribution in [0.3, 0.4) is 0 Å². The molecule has 3 aromatic rings. The lowest BCUT2D eigenvalue weighted by Crippen LogP contribution is -2.21. The molecule has 0 bridgehead atoms. The zero-order valence-corrected chi connectivity index (χ0v) is 16.4. The zero-order valence-electron chi connectivity index (χ0n) is 16.4. The number of ether oxygens (including phenoxy) is 2. The summed E-state index contributed by atoms with van der Waals surface area (Å²) in [7, 11) is 5.59. The standard InChI is InChI=1S/C22H21N5O2/c1-27(2)15-8-4-13(5-9-15)18-17(12-23)21(24)29-22-19(18)20(25-26-22)14-6-10-16(28-3)11-7-14/h4-11,18H,24H2,1-3H3,(H,25,26)/t18-/m1/s1. The van der Waals surface area contributed by atoms with Crippen molar-refractivity contribution in [3.05, 3.63) is 71.1 Å². The number of allylic oxidation sites excluding steroid dienone is 1. The van der Waals surface area contributed by atoms with Crippen molar-refractivity contribution < 1.29 is 9.47 Å². The number of nitriles is 1. The van der Waals surface area contributed by atoms with Gasteiger partial charge in [-0.1, -0.05) is 12.1 Å². The average molecular weight is 387 g/mol. The molecule has 1 atom stereocenters. The van der Waals surface area contributed by atoms with Gasteiger partial charge in [0.15, 0.2) is 0 Å². The molecule has 0 aliphatic carbocycles. The second-order valence-electron chi connectivity index (χ2n) is 6.96. The number of methoxy groups -OCH3 is 1. The first-order valence-corrected chi connectivity index (χ1v) is 9.11. The molecular formula is C22H21N5O2. The summed E-state index contributed by atoms with van der Waals surface area (Å²) < 4.78 is 10.9. The summed E-state index contributed by atoms with van der Waals surface area (Å²) in [5.41, 5.74) is 10.9. The molecule has 0 unspecified atom stereocenters. The molecule has 0 saturated heterocycles. The van der Waals surface area contributed by atoms with Gasteiger partial charge in [-0.3, -0.25) is 5.10 Å². The van der Waals surface area contributed by atoms with Gasteiger partial charge in [0.25, 0.3) is 0 Å². The molecule has 146 valence electrons. The normalized spacial score (nSPS) is 15.3. The molecule has 3 N–H and O–H groups in total. The highest BCUT2D eigenvalue weighted by molar-refractivity contribution is 5.71. The Morgan fingerprint density at radius 1 is 1.14 bits per heavy atom. The largest absolute Gasteiger partial charge is 0.497 e. The van der Waals surface area contributed by atoms with Crippen LogP contribution in [0, 0.1) is 11.3 Å². The quantitative estimate of drug-likeness (QED) is 0.712. The van der Waals surface area contributed by atoms with Crippen molar-refractivity contribution >= 4 is 5.69 Å². The maximum atomic E-state index is 9.81. The van der Waals surface area contributed by atoms with Gasteiger partial charge in [-0.05, 0) is 42.0 Å². The van der Waals surface area contributed by atoms with Crippen LogP contribution in [0.1, 0.15) is 17.0 Å². The molecule has 0 fully saturated rings. The highest BCUT2D eigenvalue weighted by atomic mass is 16.5. The Bertz CT molecular complexity index is 1110.